The van der Waals surface area contributed by atoms with E-state index in [0.29, 0.717) is 17.7 Å². The zero-order chi connectivity index (χ0) is 28.5. The number of hydrogen-bond donors (Lipinski definition) is 3. The highest BCUT2D eigenvalue weighted by Crippen LogP contribution is 2.21. The molecule has 8 nitrogen and oxygen atoms in total. The zero-order valence-electron chi connectivity index (χ0n) is 21.1. The Morgan fingerprint density at radius 1 is 1.10 bits per heavy atom. The topological polar surface area (TPSA) is 109 Å². The van der Waals surface area contributed by atoms with Gasteiger partial charge in [-0.25, -0.2) is 18.2 Å². The summed E-state index contributed by atoms with van der Waals surface area (Å²) in [5, 5.41) is 7.64. The first kappa shape index (κ1) is 29.1. The normalized spacial score (nSPS) is 15.7. The molecule has 0 bridgehead atoms. The van der Waals surface area contributed by atoms with Gasteiger partial charge in [0.1, 0.15) is 34.6 Å². The van der Waals surface area contributed by atoms with Crippen molar-refractivity contribution in [2.45, 2.75) is 32.2 Å². The summed E-state index contributed by atoms with van der Waals surface area (Å²) in [5.74, 6) is -6.45. The number of Topliss-reactive ketones (excluding diaryl/α,β-unsaturated/α-hetero) is 1. The molecular formula is C28H27F3N4O4. The maximum atomic E-state index is 14.1. The van der Waals surface area contributed by atoms with Crippen molar-refractivity contribution in [2.24, 2.45) is 4.99 Å². The molecule has 0 aromatic heterocycles. The van der Waals surface area contributed by atoms with Crippen LogP contribution >= 0.6 is 0 Å². The number of nitrogens with zero attached hydrogens (tertiary/aromatic N) is 1. The first-order chi connectivity index (χ1) is 18.7. The van der Waals surface area contributed by atoms with Crippen LogP contribution in [0.3, 0.4) is 0 Å². The smallest absolute Gasteiger partial charge is 0.269 e. The fourth-order valence-corrected chi connectivity index (χ4v) is 3.54. The van der Waals surface area contributed by atoms with Crippen molar-refractivity contribution < 1.29 is 32.3 Å². The highest BCUT2D eigenvalue weighted by Gasteiger charge is 2.41. The standard InChI is InChI=1S/C28H27F3N4O4/c1-4-11-32-26-22(27(37)33-14-19-20(30)12-18(29)13-21(19)31)24(36)25(39-15-17-9-7-6-8-10-17)23(35-26)28(38)34-16(3)5-2/h4-10,12-13,16,25,32H,1-2,11,14-15H2,3H3,(H,33,37)(H,34,38). The molecule has 2 aromatic carbocycles. The van der Waals surface area contributed by atoms with Gasteiger partial charge in [0.15, 0.2) is 6.10 Å². The molecule has 3 N–H and O–H groups in total. The number of nitrogens with one attached hydrogen (secondary N) is 3. The van der Waals surface area contributed by atoms with E-state index in [4.69, 9.17) is 4.74 Å². The van der Waals surface area contributed by atoms with Gasteiger partial charge in [0.2, 0.25) is 5.78 Å². The van der Waals surface area contributed by atoms with Gasteiger partial charge in [0, 0.05) is 36.8 Å². The molecule has 0 saturated carbocycles. The van der Waals surface area contributed by atoms with E-state index in [9.17, 15) is 27.6 Å². The third-order valence-corrected chi connectivity index (χ3v) is 5.58. The fourth-order valence-electron chi connectivity index (χ4n) is 3.54. The third-order valence-electron chi connectivity index (χ3n) is 5.58. The Hall–Kier alpha value is -4.51. The predicted octanol–water partition coefficient (Wildman–Crippen LogP) is 3.01. The Labute approximate surface area is 223 Å². The molecule has 0 radical (unpaired) electrons. The van der Waals surface area contributed by atoms with Crippen LogP contribution in [0.1, 0.15) is 18.1 Å². The quantitative estimate of drug-likeness (QED) is 0.283. The Morgan fingerprint density at radius 3 is 2.38 bits per heavy atom. The van der Waals surface area contributed by atoms with Gasteiger partial charge >= 0.3 is 0 Å². The lowest BCUT2D eigenvalue weighted by atomic mass is 9.97. The molecule has 2 unspecified atom stereocenters. The van der Waals surface area contributed by atoms with Crippen LogP contribution in [0.5, 0.6) is 0 Å². The second-order valence-corrected chi connectivity index (χ2v) is 8.46. The molecule has 2 aromatic rings. The molecule has 1 aliphatic rings. The molecule has 1 aliphatic heterocycles. The molecule has 11 heteroatoms. The lowest BCUT2D eigenvalue weighted by molar-refractivity contribution is -0.129. The van der Waals surface area contributed by atoms with E-state index >= 15 is 0 Å². The monoisotopic (exact) mass is 540 g/mol. The summed E-state index contributed by atoms with van der Waals surface area (Å²) < 4.78 is 47.2. The second kappa shape index (κ2) is 13.3. The van der Waals surface area contributed by atoms with Gasteiger partial charge in [-0.15, -0.1) is 13.2 Å². The number of rotatable bonds is 12. The lowest BCUT2D eigenvalue weighted by Gasteiger charge is -2.26. The van der Waals surface area contributed by atoms with Crippen LogP contribution in [-0.2, 0) is 32.3 Å². The maximum absolute atomic E-state index is 14.1. The number of ketones is 1. The molecule has 0 saturated heterocycles. The first-order valence-corrected chi connectivity index (χ1v) is 11.9. The summed E-state index contributed by atoms with van der Waals surface area (Å²) in [6, 6.07) is 9.29. The molecule has 2 atom stereocenters. The van der Waals surface area contributed by atoms with Gasteiger partial charge in [-0.05, 0) is 12.5 Å². The summed E-state index contributed by atoms with van der Waals surface area (Å²) in [7, 11) is 0. The van der Waals surface area contributed by atoms with Crippen LogP contribution in [0.15, 0.2) is 84.2 Å². The van der Waals surface area contributed by atoms with E-state index in [1.807, 2.05) is 0 Å². The number of benzene rings is 2. The number of halogens is 3. The van der Waals surface area contributed by atoms with Gasteiger partial charge in [-0.2, -0.15) is 0 Å². The average molecular weight is 541 g/mol. The van der Waals surface area contributed by atoms with E-state index in [2.05, 4.69) is 34.1 Å². The van der Waals surface area contributed by atoms with Gasteiger partial charge < -0.3 is 20.7 Å². The van der Waals surface area contributed by atoms with Gasteiger partial charge in [0.05, 0.1) is 6.61 Å². The van der Waals surface area contributed by atoms with Crippen molar-refractivity contribution in [3.63, 3.8) is 0 Å². The maximum Gasteiger partial charge on any atom is 0.269 e. The molecule has 1 heterocycles. The molecule has 0 spiro atoms. The number of aliphatic imine (C=N–C) groups is 1. The van der Waals surface area contributed by atoms with E-state index in [0.717, 1.165) is 0 Å². The average Bonchev–Trinajstić information content (AvgIpc) is 2.90. The second-order valence-electron chi connectivity index (χ2n) is 8.46. The third kappa shape index (κ3) is 7.29. The molecule has 39 heavy (non-hydrogen) atoms. The van der Waals surface area contributed by atoms with Crippen LogP contribution in [0.4, 0.5) is 13.2 Å². The van der Waals surface area contributed by atoms with E-state index in [1.165, 1.54) is 12.2 Å². The number of carbonyl (C=O) groups excluding carboxylic acids is 3. The van der Waals surface area contributed by atoms with Crippen molar-refractivity contribution in [2.75, 3.05) is 6.54 Å². The summed E-state index contributed by atoms with van der Waals surface area (Å²) >= 11 is 0. The van der Waals surface area contributed by atoms with Gasteiger partial charge in [-0.1, -0.05) is 42.5 Å². The summed E-state index contributed by atoms with van der Waals surface area (Å²) in [4.78, 5) is 44.1. The Bertz CT molecular complexity index is 1320. The van der Waals surface area contributed by atoms with Crippen LogP contribution in [0.25, 0.3) is 0 Å². The molecule has 0 aliphatic carbocycles. The van der Waals surface area contributed by atoms with E-state index in [1.54, 1.807) is 37.3 Å². The summed E-state index contributed by atoms with van der Waals surface area (Å²) in [5.41, 5.74) is -0.736. The van der Waals surface area contributed by atoms with E-state index in [-0.39, 0.29) is 24.7 Å². The van der Waals surface area contributed by atoms with Crippen LogP contribution in [0, 0.1) is 17.5 Å². The van der Waals surface area contributed by atoms with Crippen molar-refractivity contribution in [3.05, 3.63) is 108 Å². The highest BCUT2D eigenvalue weighted by atomic mass is 19.1. The van der Waals surface area contributed by atoms with Crippen LogP contribution in [-0.4, -0.2) is 42.0 Å². The minimum atomic E-state index is -1.57. The fraction of sp³-hybridized carbons (Fsp3) is 0.214. The highest BCUT2D eigenvalue weighted by molar-refractivity contribution is 6.48. The SMILES string of the molecule is C=CCNC1=C(C(=O)NCc2c(F)cc(F)cc2F)C(=O)C(OCc2ccccc2)C(C(=O)NC(C)C=C)=N1. The Balaban J connectivity index is 1.98. The van der Waals surface area contributed by atoms with Crippen molar-refractivity contribution in [1.82, 2.24) is 16.0 Å². The van der Waals surface area contributed by atoms with Crippen LogP contribution in [0.2, 0.25) is 0 Å². The molecule has 2 amide bonds. The lowest BCUT2D eigenvalue weighted by Crippen LogP contribution is -2.50. The largest absolute Gasteiger partial charge is 0.366 e. The number of hydrogen-bond acceptors (Lipinski definition) is 6. The first-order valence-electron chi connectivity index (χ1n) is 11.9. The van der Waals surface area contributed by atoms with Gasteiger partial charge in [0.25, 0.3) is 11.8 Å². The molecular weight excluding hydrogens is 513 g/mol. The zero-order valence-corrected chi connectivity index (χ0v) is 21.1. The summed E-state index contributed by atoms with van der Waals surface area (Å²) in [6.45, 7) is 8.13. The molecule has 204 valence electrons. The van der Waals surface area contributed by atoms with Crippen molar-refractivity contribution in [1.29, 1.82) is 0 Å². The van der Waals surface area contributed by atoms with E-state index < -0.39 is 64.9 Å². The van der Waals surface area contributed by atoms with Crippen molar-refractivity contribution in [3.8, 4) is 0 Å². The van der Waals surface area contributed by atoms with Gasteiger partial charge in [-0.3, -0.25) is 14.4 Å². The minimum Gasteiger partial charge on any atom is -0.366 e. The Morgan fingerprint density at radius 2 is 1.77 bits per heavy atom. The summed E-state index contributed by atoms with van der Waals surface area (Å²) in [6.07, 6.45) is 1.34. The molecule has 3 rings (SSSR count). The Kier molecular flexibility index (Phi) is 9.93. The minimum absolute atomic E-state index is 0.0671. The number of ether oxygens (including phenoxy) is 1. The predicted molar refractivity (Wildman–Crippen MR) is 139 cm³/mol. The van der Waals surface area contributed by atoms with Crippen molar-refractivity contribution >= 4 is 23.3 Å². The van der Waals surface area contributed by atoms with Crippen LogP contribution < -0.4 is 16.0 Å². The molecule has 0 fully saturated rings. The number of carbonyl (C=O) groups is 3. The number of amides is 2.